The normalized spacial score (nSPS) is 10.4. The van der Waals surface area contributed by atoms with Gasteiger partial charge in [-0.1, -0.05) is 34.8 Å². The Morgan fingerprint density at radius 1 is 1.18 bits per heavy atom. The summed E-state index contributed by atoms with van der Waals surface area (Å²) in [5, 5.41) is 8.01. The molecule has 0 rings (SSSR count). The molecular formula is C6H13Cl3O2. The maximum Gasteiger partial charge on any atom is 0.213 e. The Morgan fingerprint density at radius 2 is 1.45 bits per heavy atom. The van der Waals surface area contributed by atoms with E-state index in [1.807, 2.05) is 13.8 Å². The van der Waals surface area contributed by atoms with Crippen LogP contribution in [0.25, 0.3) is 0 Å². The standard InChI is InChI=1S/C4H10O.C2H3Cl3O/c1-3-5-4-2;3-2(4,5)1-6/h3-4H2,1-2H3;6H,1H2. The Bertz CT molecular complexity index is 70.7. The fourth-order valence-electron chi connectivity index (χ4n) is 0.204. The van der Waals surface area contributed by atoms with E-state index in [1.54, 1.807) is 0 Å². The predicted molar refractivity (Wildman–Crippen MR) is 49.5 cm³/mol. The average molecular weight is 224 g/mol. The van der Waals surface area contributed by atoms with Crippen LogP contribution in [0.2, 0.25) is 0 Å². The minimum absolute atomic E-state index is 0.433. The van der Waals surface area contributed by atoms with Crippen molar-refractivity contribution in [3.05, 3.63) is 0 Å². The molecule has 0 radical (unpaired) electrons. The molecule has 0 atom stereocenters. The number of alkyl halides is 3. The Kier molecular flexibility index (Phi) is 11.6. The molecule has 70 valence electrons. The van der Waals surface area contributed by atoms with Gasteiger partial charge < -0.3 is 9.84 Å². The SMILES string of the molecule is CCOCC.OCC(Cl)(Cl)Cl. The lowest BCUT2D eigenvalue weighted by Crippen LogP contribution is -2.06. The Labute approximate surface area is 82.4 Å². The average Bonchev–Trinajstić information content (AvgIpc) is 1.90. The van der Waals surface area contributed by atoms with Gasteiger partial charge in [-0.2, -0.15) is 0 Å². The van der Waals surface area contributed by atoms with E-state index in [9.17, 15) is 0 Å². The van der Waals surface area contributed by atoms with Crippen molar-refractivity contribution in [1.29, 1.82) is 0 Å². The van der Waals surface area contributed by atoms with Crippen LogP contribution in [0.3, 0.4) is 0 Å². The third-order valence-electron chi connectivity index (χ3n) is 0.588. The second-order valence-electron chi connectivity index (χ2n) is 1.55. The van der Waals surface area contributed by atoms with E-state index in [0.29, 0.717) is 0 Å². The first kappa shape index (κ1) is 14.3. The van der Waals surface area contributed by atoms with E-state index in [-0.39, 0.29) is 0 Å². The predicted octanol–water partition coefficient (Wildman–Crippen LogP) is 2.39. The van der Waals surface area contributed by atoms with Gasteiger partial charge in [0.1, 0.15) is 0 Å². The molecule has 2 nitrogen and oxygen atoms in total. The monoisotopic (exact) mass is 222 g/mol. The Morgan fingerprint density at radius 3 is 1.45 bits per heavy atom. The molecule has 0 aromatic rings. The molecule has 0 bridgehead atoms. The quantitative estimate of drug-likeness (QED) is 0.729. The molecule has 0 saturated carbocycles. The maximum absolute atomic E-state index is 8.01. The van der Waals surface area contributed by atoms with E-state index in [2.05, 4.69) is 0 Å². The number of hydrogen-bond donors (Lipinski definition) is 1. The second-order valence-corrected chi connectivity index (χ2v) is 4.07. The zero-order valence-electron chi connectivity index (χ0n) is 6.61. The molecule has 0 unspecified atom stereocenters. The zero-order valence-corrected chi connectivity index (χ0v) is 8.88. The minimum atomic E-state index is -1.49. The lowest BCUT2D eigenvalue weighted by Gasteiger charge is -2.01. The fraction of sp³-hybridized carbons (Fsp3) is 1.00. The summed E-state index contributed by atoms with van der Waals surface area (Å²) in [7, 11) is 0. The van der Waals surface area contributed by atoms with Gasteiger partial charge in [0.2, 0.25) is 3.79 Å². The van der Waals surface area contributed by atoms with E-state index in [0.717, 1.165) is 13.2 Å². The highest BCUT2D eigenvalue weighted by molar-refractivity contribution is 6.67. The molecule has 0 aliphatic carbocycles. The van der Waals surface area contributed by atoms with Gasteiger partial charge in [0.15, 0.2) is 0 Å². The number of rotatable bonds is 2. The van der Waals surface area contributed by atoms with Gasteiger partial charge in [-0.15, -0.1) is 0 Å². The van der Waals surface area contributed by atoms with Gasteiger partial charge in [0.25, 0.3) is 0 Å². The van der Waals surface area contributed by atoms with Crippen LogP contribution in [0.4, 0.5) is 0 Å². The summed E-state index contributed by atoms with van der Waals surface area (Å²) in [5.74, 6) is 0. The summed E-state index contributed by atoms with van der Waals surface area (Å²) in [6.45, 7) is 5.23. The maximum atomic E-state index is 8.01. The second kappa shape index (κ2) is 8.88. The van der Waals surface area contributed by atoms with Crippen molar-refractivity contribution in [3.63, 3.8) is 0 Å². The van der Waals surface area contributed by atoms with Crippen molar-refractivity contribution in [2.24, 2.45) is 0 Å². The molecule has 0 aromatic carbocycles. The lowest BCUT2D eigenvalue weighted by molar-refractivity contribution is 0.162. The van der Waals surface area contributed by atoms with Crippen molar-refractivity contribution in [2.45, 2.75) is 17.6 Å². The molecule has 0 amide bonds. The van der Waals surface area contributed by atoms with Crippen molar-refractivity contribution >= 4 is 34.8 Å². The number of aliphatic hydroxyl groups excluding tert-OH is 1. The summed E-state index contributed by atoms with van der Waals surface area (Å²) in [6, 6.07) is 0. The zero-order chi connectivity index (χ0) is 9.33. The Balaban J connectivity index is 0. The molecule has 0 aromatic heterocycles. The summed E-state index contributed by atoms with van der Waals surface area (Å²) in [5.41, 5.74) is 0. The number of halogens is 3. The van der Waals surface area contributed by atoms with E-state index < -0.39 is 10.4 Å². The van der Waals surface area contributed by atoms with Crippen molar-refractivity contribution in [2.75, 3.05) is 19.8 Å². The molecule has 5 heteroatoms. The molecule has 0 aliphatic heterocycles. The largest absolute Gasteiger partial charge is 0.392 e. The van der Waals surface area contributed by atoms with Crippen molar-refractivity contribution in [1.82, 2.24) is 0 Å². The van der Waals surface area contributed by atoms with Crippen LogP contribution in [0.5, 0.6) is 0 Å². The third-order valence-corrected chi connectivity index (χ3v) is 0.946. The van der Waals surface area contributed by atoms with Gasteiger partial charge in [0, 0.05) is 13.2 Å². The highest BCUT2D eigenvalue weighted by Crippen LogP contribution is 2.23. The molecule has 0 fully saturated rings. The Hall–Kier alpha value is 0.790. The van der Waals surface area contributed by atoms with Crippen molar-refractivity contribution in [3.8, 4) is 0 Å². The van der Waals surface area contributed by atoms with Gasteiger partial charge in [0.05, 0.1) is 6.61 Å². The molecule has 0 spiro atoms. The molecule has 0 aliphatic rings. The van der Waals surface area contributed by atoms with Crippen LogP contribution in [0.15, 0.2) is 0 Å². The number of hydrogen-bond acceptors (Lipinski definition) is 2. The van der Waals surface area contributed by atoms with Crippen molar-refractivity contribution < 1.29 is 9.84 Å². The minimum Gasteiger partial charge on any atom is -0.392 e. The van der Waals surface area contributed by atoms with Crippen LogP contribution in [-0.2, 0) is 4.74 Å². The van der Waals surface area contributed by atoms with Crippen LogP contribution < -0.4 is 0 Å². The van der Waals surface area contributed by atoms with Gasteiger partial charge in [-0.05, 0) is 13.8 Å². The third kappa shape index (κ3) is 24.9. The van der Waals surface area contributed by atoms with Crippen LogP contribution >= 0.6 is 34.8 Å². The van der Waals surface area contributed by atoms with Gasteiger partial charge in [-0.25, -0.2) is 0 Å². The summed E-state index contributed by atoms with van der Waals surface area (Å²) >= 11 is 15.0. The summed E-state index contributed by atoms with van der Waals surface area (Å²) in [4.78, 5) is 0. The molecule has 0 heterocycles. The number of ether oxygens (including phenoxy) is 1. The fourth-order valence-corrected chi connectivity index (χ4v) is 0.204. The van der Waals surface area contributed by atoms with E-state index in [1.165, 1.54) is 0 Å². The molecule has 1 N–H and O–H groups in total. The highest BCUT2D eigenvalue weighted by atomic mass is 35.6. The molecular weight excluding hydrogens is 210 g/mol. The molecule has 0 saturated heterocycles. The van der Waals surface area contributed by atoms with Crippen LogP contribution in [-0.4, -0.2) is 28.7 Å². The van der Waals surface area contributed by atoms with Crippen LogP contribution in [0.1, 0.15) is 13.8 Å². The molecule has 11 heavy (non-hydrogen) atoms. The van der Waals surface area contributed by atoms with Gasteiger partial charge >= 0.3 is 0 Å². The summed E-state index contributed by atoms with van der Waals surface area (Å²) < 4.78 is 3.35. The first-order valence-electron chi connectivity index (χ1n) is 3.23. The highest BCUT2D eigenvalue weighted by Gasteiger charge is 2.16. The first-order chi connectivity index (χ1) is 4.97. The first-order valence-corrected chi connectivity index (χ1v) is 4.36. The number of aliphatic hydroxyl groups is 1. The smallest absolute Gasteiger partial charge is 0.213 e. The topological polar surface area (TPSA) is 29.5 Å². The lowest BCUT2D eigenvalue weighted by atomic mass is 10.8. The van der Waals surface area contributed by atoms with Crippen LogP contribution in [0, 0.1) is 0 Å². The van der Waals surface area contributed by atoms with E-state index >= 15 is 0 Å². The van der Waals surface area contributed by atoms with E-state index in [4.69, 9.17) is 44.6 Å². The summed E-state index contributed by atoms with van der Waals surface area (Å²) in [6.07, 6.45) is 0. The van der Waals surface area contributed by atoms with Gasteiger partial charge in [-0.3, -0.25) is 0 Å².